The van der Waals surface area contributed by atoms with Crippen molar-refractivity contribution in [2.45, 2.75) is 45.1 Å². The van der Waals surface area contributed by atoms with Gasteiger partial charge in [-0.2, -0.15) is 0 Å². The Morgan fingerprint density at radius 2 is 1.62 bits per heavy atom. The topological polar surface area (TPSA) is 92.3 Å². The number of amides is 3. The van der Waals surface area contributed by atoms with E-state index in [0.717, 1.165) is 41.2 Å². The molecule has 3 aromatic rings. The highest BCUT2D eigenvalue weighted by Gasteiger charge is 2.42. The number of nitrogens with one attached hydrogen (secondary N) is 1. The van der Waals surface area contributed by atoms with Crippen LogP contribution in [0.4, 0.5) is 5.13 Å². The minimum atomic E-state index is -1.00. The maximum absolute atomic E-state index is 13.3. The van der Waals surface area contributed by atoms with Crippen LogP contribution in [0.25, 0.3) is 0 Å². The first kappa shape index (κ1) is 21.8. The van der Waals surface area contributed by atoms with Crippen molar-refractivity contribution >= 4 is 34.2 Å². The smallest absolute Gasteiger partial charge is 0.262 e. The second-order valence-electron chi connectivity index (χ2n) is 7.68. The minimum Gasteiger partial charge on any atom is -0.299 e. The molecule has 0 fully saturated rings. The Kier molecular flexibility index (Phi) is 6.70. The molecule has 4 rings (SSSR count). The predicted molar refractivity (Wildman–Crippen MR) is 123 cm³/mol. The van der Waals surface area contributed by atoms with E-state index in [1.807, 2.05) is 30.3 Å². The third-order valence-electron chi connectivity index (χ3n) is 5.40. The Balaban J connectivity index is 1.57. The lowest BCUT2D eigenvalue weighted by atomic mass is 10.0. The van der Waals surface area contributed by atoms with Gasteiger partial charge in [0.05, 0.1) is 11.1 Å². The molecule has 0 saturated carbocycles. The van der Waals surface area contributed by atoms with E-state index >= 15 is 0 Å². The van der Waals surface area contributed by atoms with Gasteiger partial charge in [-0.25, -0.2) is 0 Å². The van der Waals surface area contributed by atoms with Crippen molar-refractivity contribution in [3.8, 4) is 0 Å². The fraction of sp³-hybridized carbons (Fsp3) is 0.292. The van der Waals surface area contributed by atoms with Gasteiger partial charge in [0.15, 0.2) is 0 Å². The number of hydrogen-bond acceptors (Lipinski definition) is 6. The number of nitrogens with zero attached hydrogens (tertiary/aromatic N) is 3. The van der Waals surface area contributed by atoms with E-state index in [2.05, 4.69) is 22.4 Å². The van der Waals surface area contributed by atoms with Gasteiger partial charge in [0.1, 0.15) is 11.0 Å². The molecular formula is C24H24N4O3S. The van der Waals surface area contributed by atoms with Gasteiger partial charge in [-0.05, 0) is 24.1 Å². The SMILES string of the molecule is CCCCCc1nnc(NC(=O)C(Cc2ccccc2)N2C(=O)c3ccccc3C2=O)s1. The van der Waals surface area contributed by atoms with Crippen LogP contribution in [0.3, 0.4) is 0 Å². The predicted octanol–water partition coefficient (Wildman–Crippen LogP) is 4.12. The van der Waals surface area contributed by atoms with Gasteiger partial charge in [-0.3, -0.25) is 24.6 Å². The molecule has 8 heteroatoms. The normalized spacial score (nSPS) is 13.8. The molecule has 2 aromatic carbocycles. The highest BCUT2D eigenvalue weighted by Crippen LogP contribution is 2.27. The number of hydrogen-bond donors (Lipinski definition) is 1. The number of anilines is 1. The van der Waals surface area contributed by atoms with Gasteiger partial charge in [0.2, 0.25) is 11.0 Å². The molecule has 0 spiro atoms. The summed E-state index contributed by atoms with van der Waals surface area (Å²) in [7, 11) is 0. The molecule has 164 valence electrons. The summed E-state index contributed by atoms with van der Waals surface area (Å²) >= 11 is 1.32. The van der Waals surface area contributed by atoms with E-state index in [1.165, 1.54) is 11.3 Å². The maximum atomic E-state index is 13.3. The zero-order chi connectivity index (χ0) is 22.5. The number of benzene rings is 2. The zero-order valence-corrected chi connectivity index (χ0v) is 18.6. The van der Waals surface area contributed by atoms with Gasteiger partial charge >= 0.3 is 0 Å². The molecule has 0 aliphatic carbocycles. The molecule has 2 heterocycles. The number of aryl methyl sites for hydroxylation is 1. The van der Waals surface area contributed by atoms with Crippen molar-refractivity contribution in [1.82, 2.24) is 15.1 Å². The lowest BCUT2D eigenvalue weighted by Gasteiger charge is -2.25. The monoisotopic (exact) mass is 448 g/mol. The Hall–Kier alpha value is -3.39. The molecule has 1 atom stereocenters. The molecule has 32 heavy (non-hydrogen) atoms. The van der Waals surface area contributed by atoms with Crippen LogP contribution in [0.2, 0.25) is 0 Å². The maximum Gasteiger partial charge on any atom is 0.262 e. The quantitative estimate of drug-likeness (QED) is 0.393. The van der Waals surface area contributed by atoms with Crippen LogP contribution in [-0.2, 0) is 17.6 Å². The molecule has 1 aliphatic heterocycles. The van der Waals surface area contributed by atoms with Crippen LogP contribution in [0.1, 0.15) is 57.5 Å². The number of carbonyl (C=O) groups is 3. The van der Waals surface area contributed by atoms with Crippen LogP contribution in [0.5, 0.6) is 0 Å². The summed E-state index contributed by atoms with van der Waals surface area (Å²) in [5.74, 6) is -1.38. The second kappa shape index (κ2) is 9.82. The third kappa shape index (κ3) is 4.60. The first-order valence-electron chi connectivity index (χ1n) is 10.7. The molecule has 7 nitrogen and oxygen atoms in total. The zero-order valence-electron chi connectivity index (χ0n) is 17.8. The van der Waals surface area contributed by atoms with E-state index in [-0.39, 0.29) is 6.42 Å². The van der Waals surface area contributed by atoms with E-state index in [4.69, 9.17) is 0 Å². The molecule has 1 aromatic heterocycles. The number of carbonyl (C=O) groups excluding carboxylic acids is 3. The van der Waals surface area contributed by atoms with Gasteiger partial charge in [-0.15, -0.1) is 10.2 Å². The third-order valence-corrected chi connectivity index (χ3v) is 6.30. The molecular weight excluding hydrogens is 424 g/mol. The molecule has 1 unspecified atom stereocenters. The summed E-state index contributed by atoms with van der Waals surface area (Å²) in [4.78, 5) is 40.5. The molecule has 1 N–H and O–H groups in total. The summed E-state index contributed by atoms with van der Waals surface area (Å²) in [6, 6.07) is 15.0. The fourth-order valence-electron chi connectivity index (χ4n) is 3.75. The van der Waals surface area contributed by atoms with E-state index < -0.39 is 23.8 Å². The van der Waals surface area contributed by atoms with Crippen LogP contribution in [-0.4, -0.2) is 38.9 Å². The second-order valence-corrected chi connectivity index (χ2v) is 8.74. The minimum absolute atomic E-state index is 0.209. The average molecular weight is 449 g/mol. The van der Waals surface area contributed by atoms with Crippen molar-refractivity contribution < 1.29 is 14.4 Å². The lowest BCUT2D eigenvalue weighted by Crippen LogP contribution is -2.48. The van der Waals surface area contributed by atoms with Gasteiger partial charge in [0.25, 0.3) is 11.8 Å². The largest absolute Gasteiger partial charge is 0.299 e. The van der Waals surface area contributed by atoms with Crippen molar-refractivity contribution in [2.75, 3.05) is 5.32 Å². The standard InChI is InChI=1S/C24H24N4O3S/c1-2-3-5-14-20-26-27-24(32-20)25-21(29)19(15-16-10-6-4-7-11-16)28-22(30)17-12-8-9-13-18(17)23(28)31/h4,6-13,19H,2-3,5,14-15H2,1H3,(H,25,27,29). The van der Waals surface area contributed by atoms with Gasteiger partial charge in [-0.1, -0.05) is 73.6 Å². The molecule has 0 bridgehead atoms. The van der Waals surface area contributed by atoms with Crippen LogP contribution >= 0.6 is 11.3 Å². The number of rotatable bonds is 9. The molecule has 0 saturated heterocycles. The summed E-state index contributed by atoms with van der Waals surface area (Å²) in [6.45, 7) is 2.14. The van der Waals surface area contributed by atoms with Crippen molar-refractivity contribution in [3.05, 3.63) is 76.3 Å². The molecule has 0 radical (unpaired) electrons. The summed E-state index contributed by atoms with van der Waals surface area (Å²) < 4.78 is 0. The first-order chi connectivity index (χ1) is 15.6. The van der Waals surface area contributed by atoms with Gasteiger partial charge in [0, 0.05) is 12.8 Å². The van der Waals surface area contributed by atoms with E-state index in [9.17, 15) is 14.4 Å². The first-order valence-corrected chi connectivity index (χ1v) is 11.5. The Morgan fingerprint density at radius 1 is 0.969 bits per heavy atom. The highest BCUT2D eigenvalue weighted by molar-refractivity contribution is 7.15. The highest BCUT2D eigenvalue weighted by atomic mass is 32.1. The summed E-state index contributed by atoms with van der Waals surface area (Å²) in [6.07, 6.45) is 4.27. The van der Waals surface area contributed by atoms with Crippen molar-refractivity contribution in [1.29, 1.82) is 0 Å². The Morgan fingerprint density at radius 3 is 2.28 bits per heavy atom. The summed E-state index contributed by atoms with van der Waals surface area (Å²) in [5, 5.41) is 12.2. The van der Waals surface area contributed by atoms with Crippen molar-refractivity contribution in [3.63, 3.8) is 0 Å². The van der Waals surface area contributed by atoms with Crippen molar-refractivity contribution in [2.24, 2.45) is 0 Å². The molecule has 3 amide bonds. The Labute approximate surface area is 190 Å². The number of unbranched alkanes of at least 4 members (excludes halogenated alkanes) is 2. The Bertz CT molecular complexity index is 1090. The fourth-order valence-corrected chi connectivity index (χ4v) is 4.53. The van der Waals surface area contributed by atoms with E-state index in [1.54, 1.807) is 24.3 Å². The van der Waals surface area contributed by atoms with Gasteiger partial charge < -0.3 is 0 Å². The van der Waals surface area contributed by atoms with E-state index in [0.29, 0.717) is 16.3 Å². The van der Waals surface area contributed by atoms with Crippen LogP contribution in [0, 0.1) is 0 Å². The number of imide groups is 1. The lowest BCUT2D eigenvalue weighted by molar-refractivity contribution is -0.119. The average Bonchev–Trinajstić information content (AvgIpc) is 3.35. The molecule has 1 aliphatic rings. The number of aromatic nitrogens is 2. The van der Waals surface area contributed by atoms with Crippen LogP contribution < -0.4 is 5.32 Å². The van der Waals surface area contributed by atoms with Crippen LogP contribution in [0.15, 0.2) is 54.6 Å². The summed E-state index contributed by atoms with van der Waals surface area (Å²) in [5.41, 5.74) is 1.48. The number of fused-ring (bicyclic) bond motifs is 1.